The molecule has 1 aromatic carbocycles. The molecule has 0 aromatic heterocycles. The molecule has 96 valence electrons. The fraction of sp³-hybridized carbons (Fsp3) is 0.231. The van der Waals surface area contributed by atoms with Crippen LogP contribution in [-0.4, -0.2) is 30.6 Å². The van der Waals surface area contributed by atoms with Gasteiger partial charge in [0.15, 0.2) is 0 Å². The molecule has 0 amide bonds. The Morgan fingerprint density at radius 1 is 1.39 bits per heavy atom. The summed E-state index contributed by atoms with van der Waals surface area (Å²) >= 11 is 0. The average Bonchev–Trinajstić information content (AvgIpc) is 2.37. The predicted molar refractivity (Wildman–Crippen MR) is 65.3 cm³/mol. The van der Waals surface area contributed by atoms with Crippen LogP contribution in [-0.2, 0) is 14.3 Å². The lowest BCUT2D eigenvalue weighted by Crippen LogP contribution is -2.14. The lowest BCUT2D eigenvalue weighted by atomic mass is 10.1. The maximum atomic E-state index is 11.3. The topological polar surface area (TPSA) is 72.8 Å². The maximum Gasteiger partial charge on any atom is 0.379 e. The van der Waals surface area contributed by atoms with Crippen molar-refractivity contribution in [3.8, 4) is 11.5 Å². The van der Waals surface area contributed by atoms with Crippen LogP contribution in [0, 0.1) is 0 Å². The van der Waals surface area contributed by atoms with Crippen LogP contribution in [0.1, 0.15) is 12.5 Å². The number of hydrogen-bond acceptors (Lipinski definition) is 5. The number of carbonyl (C=O) groups excluding carboxylic acids is 2. The molecule has 0 aliphatic rings. The molecule has 18 heavy (non-hydrogen) atoms. The Hall–Kier alpha value is -2.30. The van der Waals surface area contributed by atoms with Crippen molar-refractivity contribution in [3.05, 3.63) is 29.8 Å². The minimum absolute atomic E-state index is 0.0562. The van der Waals surface area contributed by atoms with Gasteiger partial charge in [-0.3, -0.25) is 4.79 Å². The molecule has 5 heteroatoms. The summed E-state index contributed by atoms with van der Waals surface area (Å²) in [6, 6.07) is 4.44. The Morgan fingerprint density at radius 3 is 2.72 bits per heavy atom. The number of rotatable bonds is 5. The summed E-state index contributed by atoms with van der Waals surface area (Å²) in [6.45, 7) is 1.78. The minimum atomic E-state index is -0.897. The van der Waals surface area contributed by atoms with E-state index in [1.807, 2.05) is 0 Å². The van der Waals surface area contributed by atoms with Crippen molar-refractivity contribution in [3.63, 3.8) is 0 Å². The Balaban J connectivity index is 2.84. The number of phenols is 1. The Bertz CT molecular complexity index is 476. The van der Waals surface area contributed by atoms with Crippen LogP contribution in [0.5, 0.6) is 11.5 Å². The number of carbonyl (C=O) groups is 2. The lowest BCUT2D eigenvalue weighted by molar-refractivity contribution is -0.151. The van der Waals surface area contributed by atoms with E-state index in [0.29, 0.717) is 11.3 Å². The van der Waals surface area contributed by atoms with Crippen molar-refractivity contribution in [2.75, 3.05) is 13.7 Å². The van der Waals surface area contributed by atoms with E-state index in [0.717, 1.165) is 6.08 Å². The molecule has 1 N–H and O–H groups in total. The molecule has 0 saturated heterocycles. The average molecular weight is 250 g/mol. The third kappa shape index (κ3) is 3.62. The first-order chi connectivity index (χ1) is 8.58. The van der Waals surface area contributed by atoms with E-state index in [1.54, 1.807) is 13.0 Å². The van der Waals surface area contributed by atoms with Crippen LogP contribution in [0.2, 0.25) is 0 Å². The maximum absolute atomic E-state index is 11.3. The van der Waals surface area contributed by atoms with Crippen LogP contribution in [0.3, 0.4) is 0 Å². The highest BCUT2D eigenvalue weighted by Crippen LogP contribution is 2.24. The van der Waals surface area contributed by atoms with Crippen LogP contribution < -0.4 is 4.74 Å². The van der Waals surface area contributed by atoms with Gasteiger partial charge < -0.3 is 14.6 Å². The highest BCUT2D eigenvalue weighted by atomic mass is 16.5. The number of hydrogen-bond donors (Lipinski definition) is 1. The third-order valence-electron chi connectivity index (χ3n) is 2.11. The van der Waals surface area contributed by atoms with Gasteiger partial charge >= 0.3 is 5.97 Å². The van der Waals surface area contributed by atoms with E-state index in [9.17, 15) is 14.7 Å². The standard InChI is InChI=1S/C13H14O5/c1-3-18-13(16)11(15)7-5-9-4-6-10(14)8-12(9)17-2/h4-8,14H,3H2,1-2H3/b7-5+. The summed E-state index contributed by atoms with van der Waals surface area (Å²) in [5.41, 5.74) is 0.577. The molecule has 1 aromatic rings. The van der Waals surface area contributed by atoms with E-state index in [2.05, 4.69) is 4.74 Å². The van der Waals surface area contributed by atoms with Crippen LogP contribution in [0.25, 0.3) is 6.08 Å². The molecule has 0 atom stereocenters. The Kier molecular flexibility index (Phi) is 4.92. The van der Waals surface area contributed by atoms with Crippen molar-refractivity contribution in [1.29, 1.82) is 0 Å². The number of ketones is 1. The summed E-state index contributed by atoms with van der Waals surface area (Å²) in [7, 11) is 1.44. The van der Waals surface area contributed by atoms with Crippen LogP contribution in [0.15, 0.2) is 24.3 Å². The molecule has 5 nitrogen and oxygen atoms in total. The predicted octanol–water partition coefficient (Wildman–Crippen LogP) is 1.55. The second-order valence-corrected chi connectivity index (χ2v) is 3.34. The summed E-state index contributed by atoms with van der Waals surface area (Å²) in [6.07, 6.45) is 2.53. The molecule has 0 saturated carbocycles. The minimum Gasteiger partial charge on any atom is -0.508 e. The molecule has 0 fully saturated rings. The fourth-order valence-electron chi connectivity index (χ4n) is 1.27. The van der Waals surface area contributed by atoms with Crippen molar-refractivity contribution >= 4 is 17.8 Å². The quantitative estimate of drug-likeness (QED) is 0.487. The van der Waals surface area contributed by atoms with E-state index in [4.69, 9.17) is 4.74 Å². The highest BCUT2D eigenvalue weighted by molar-refractivity contribution is 6.39. The molecule has 0 heterocycles. The number of benzene rings is 1. The van der Waals surface area contributed by atoms with Crippen molar-refractivity contribution in [2.45, 2.75) is 6.92 Å². The molecule has 0 unspecified atom stereocenters. The van der Waals surface area contributed by atoms with E-state index >= 15 is 0 Å². The van der Waals surface area contributed by atoms with Gasteiger partial charge in [0.25, 0.3) is 5.78 Å². The van der Waals surface area contributed by atoms with E-state index < -0.39 is 11.8 Å². The molecule has 0 bridgehead atoms. The van der Waals surface area contributed by atoms with Gasteiger partial charge in [-0.1, -0.05) is 0 Å². The second kappa shape index (κ2) is 6.44. The monoisotopic (exact) mass is 250 g/mol. The SMILES string of the molecule is CCOC(=O)C(=O)/C=C/c1ccc(O)cc1OC. The fourth-order valence-corrected chi connectivity index (χ4v) is 1.27. The molecular weight excluding hydrogens is 236 g/mol. The molecule has 0 aliphatic heterocycles. The smallest absolute Gasteiger partial charge is 0.379 e. The van der Waals surface area contributed by atoms with Gasteiger partial charge in [0.2, 0.25) is 0 Å². The Morgan fingerprint density at radius 2 is 2.11 bits per heavy atom. The molecule has 0 aliphatic carbocycles. The van der Waals surface area contributed by atoms with Crippen molar-refractivity contribution in [1.82, 2.24) is 0 Å². The van der Waals surface area contributed by atoms with Crippen LogP contribution in [0.4, 0.5) is 0 Å². The zero-order chi connectivity index (χ0) is 13.5. The number of ether oxygens (including phenoxy) is 2. The number of methoxy groups -OCH3 is 1. The van der Waals surface area contributed by atoms with Gasteiger partial charge in [0.1, 0.15) is 11.5 Å². The van der Waals surface area contributed by atoms with E-state index in [1.165, 1.54) is 25.3 Å². The summed E-state index contributed by atoms with van der Waals surface area (Å²) in [4.78, 5) is 22.4. The third-order valence-corrected chi connectivity index (χ3v) is 2.11. The first kappa shape index (κ1) is 13.8. The highest BCUT2D eigenvalue weighted by Gasteiger charge is 2.11. The van der Waals surface area contributed by atoms with E-state index in [-0.39, 0.29) is 12.4 Å². The zero-order valence-corrected chi connectivity index (χ0v) is 10.2. The summed E-state index contributed by atoms with van der Waals surface area (Å²) in [5, 5.41) is 9.26. The lowest BCUT2D eigenvalue weighted by Gasteiger charge is -2.04. The van der Waals surface area contributed by atoms with Gasteiger partial charge in [-0.25, -0.2) is 4.79 Å². The second-order valence-electron chi connectivity index (χ2n) is 3.34. The van der Waals surface area contributed by atoms with Gasteiger partial charge in [0, 0.05) is 11.6 Å². The zero-order valence-electron chi connectivity index (χ0n) is 10.2. The Labute approximate surface area is 105 Å². The first-order valence-corrected chi connectivity index (χ1v) is 5.34. The molecule has 1 rings (SSSR count). The number of phenolic OH excluding ortho intramolecular Hbond substituents is 1. The van der Waals surface area contributed by atoms with Crippen molar-refractivity contribution in [2.24, 2.45) is 0 Å². The molecule has 0 radical (unpaired) electrons. The summed E-state index contributed by atoms with van der Waals surface area (Å²) in [5.74, 6) is -1.18. The normalized spacial score (nSPS) is 10.3. The van der Waals surface area contributed by atoms with Gasteiger partial charge in [-0.15, -0.1) is 0 Å². The molecular formula is C13H14O5. The largest absolute Gasteiger partial charge is 0.508 e. The van der Waals surface area contributed by atoms with Gasteiger partial charge in [-0.05, 0) is 31.2 Å². The summed E-state index contributed by atoms with van der Waals surface area (Å²) < 4.78 is 9.58. The number of aromatic hydroxyl groups is 1. The van der Waals surface area contributed by atoms with Crippen LogP contribution >= 0.6 is 0 Å². The van der Waals surface area contributed by atoms with Gasteiger partial charge in [0.05, 0.1) is 13.7 Å². The number of esters is 1. The first-order valence-electron chi connectivity index (χ1n) is 5.34. The molecule has 0 spiro atoms. The van der Waals surface area contributed by atoms with Gasteiger partial charge in [-0.2, -0.15) is 0 Å². The van der Waals surface area contributed by atoms with Crippen molar-refractivity contribution < 1.29 is 24.2 Å².